The van der Waals surface area contributed by atoms with Gasteiger partial charge in [-0.05, 0) is 75.1 Å². The standard InChI is InChI=1S/C15H20FN3/c16-14-3-2-13(11-18)15(10-14)12-4-8-19(9-5-12)7-1-6-17/h2-3,10,12H,1,4-9,17H2. The Morgan fingerprint density at radius 3 is 2.74 bits per heavy atom. The summed E-state index contributed by atoms with van der Waals surface area (Å²) in [6.45, 7) is 3.78. The van der Waals surface area contributed by atoms with Crippen molar-refractivity contribution >= 4 is 0 Å². The monoisotopic (exact) mass is 261 g/mol. The van der Waals surface area contributed by atoms with Gasteiger partial charge in [-0.25, -0.2) is 4.39 Å². The van der Waals surface area contributed by atoms with Crippen LogP contribution in [0.2, 0.25) is 0 Å². The number of halogens is 1. The van der Waals surface area contributed by atoms with Crippen LogP contribution in [-0.2, 0) is 0 Å². The van der Waals surface area contributed by atoms with Gasteiger partial charge in [-0.1, -0.05) is 0 Å². The van der Waals surface area contributed by atoms with Crippen LogP contribution in [0.25, 0.3) is 0 Å². The van der Waals surface area contributed by atoms with E-state index in [-0.39, 0.29) is 5.82 Å². The largest absolute Gasteiger partial charge is 0.330 e. The number of piperidine rings is 1. The number of likely N-dealkylation sites (tertiary alicyclic amines) is 1. The summed E-state index contributed by atoms with van der Waals surface area (Å²) in [7, 11) is 0. The van der Waals surface area contributed by atoms with Gasteiger partial charge in [0.15, 0.2) is 0 Å². The molecule has 3 nitrogen and oxygen atoms in total. The number of benzene rings is 1. The molecule has 102 valence electrons. The van der Waals surface area contributed by atoms with Gasteiger partial charge >= 0.3 is 0 Å². The molecule has 1 aliphatic rings. The minimum atomic E-state index is -0.250. The third kappa shape index (κ3) is 3.52. The summed E-state index contributed by atoms with van der Waals surface area (Å²) in [5, 5.41) is 9.11. The fourth-order valence-electron chi connectivity index (χ4n) is 2.76. The van der Waals surface area contributed by atoms with Gasteiger partial charge in [-0.2, -0.15) is 5.26 Å². The number of hydrogen-bond acceptors (Lipinski definition) is 3. The average Bonchev–Trinajstić information content (AvgIpc) is 2.45. The maximum Gasteiger partial charge on any atom is 0.123 e. The second-order valence-electron chi connectivity index (χ2n) is 5.10. The zero-order valence-electron chi connectivity index (χ0n) is 11.1. The van der Waals surface area contributed by atoms with Crippen molar-refractivity contribution in [2.45, 2.75) is 25.2 Å². The third-order valence-electron chi connectivity index (χ3n) is 3.84. The minimum Gasteiger partial charge on any atom is -0.330 e. The topological polar surface area (TPSA) is 53.0 Å². The van der Waals surface area contributed by atoms with E-state index in [0.717, 1.165) is 51.0 Å². The third-order valence-corrected chi connectivity index (χ3v) is 3.84. The van der Waals surface area contributed by atoms with Crippen molar-refractivity contribution in [3.63, 3.8) is 0 Å². The molecule has 1 heterocycles. The van der Waals surface area contributed by atoms with E-state index in [1.54, 1.807) is 6.07 Å². The van der Waals surface area contributed by atoms with Crippen molar-refractivity contribution in [1.82, 2.24) is 4.90 Å². The molecule has 19 heavy (non-hydrogen) atoms. The predicted molar refractivity (Wildman–Crippen MR) is 73.2 cm³/mol. The van der Waals surface area contributed by atoms with Gasteiger partial charge in [-0.15, -0.1) is 0 Å². The Labute approximate surface area is 113 Å². The lowest BCUT2D eigenvalue weighted by Gasteiger charge is -2.32. The first kappa shape index (κ1) is 14.0. The predicted octanol–water partition coefficient (Wildman–Crippen LogP) is 2.23. The van der Waals surface area contributed by atoms with Crippen LogP contribution >= 0.6 is 0 Å². The summed E-state index contributed by atoms with van der Waals surface area (Å²) < 4.78 is 13.3. The highest BCUT2D eigenvalue weighted by Crippen LogP contribution is 2.30. The molecule has 0 aliphatic carbocycles. The second kappa shape index (κ2) is 6.65. The molecule has 1 aliphatic heterocycles. The van der Waals surface area contributed by atoms with Gasteiger partial charge in [0.2, 0.25) is 0 Å². The molecular weight excluding hydrogens is 241 g/mol. The molecular formula is C15H20FN3. The van der Waals surface area contributed by atoms with E-state index in [1.165, 1.54) is 12.1 Å². The summed E-state index contributed by atoms with van der Waals surface area (Å²) in [6.07, 6.45) is 3.00. The smallest absolute Gasteiger partial charge is 0.123 e. The highest BCUT2D eigenvalue weighted by atomic mass is 19.1. The van der Waals surface area contributed by atoms with Crippen molar-refractivity contribution < 1.29 is 4.39 Å². The van der Waals surface area contributed by atoms with Gasteiger partial charge in [0.05, 0.1) is 11.6 Å². The Bertz CT molecular complexity index is 459. The first-order valence-electron chi connectivity index (χ1n) is 6.86. The molecule has 0 spiro atoms. The highest BCUT2D eigenvalue weighted by molar-refractivity contribution is 5.40. The van der Waals surface area contributed by atoms with Gasteiger partial charge in [0, 0.05) is 0 Å². The average molecular weight is 261 g/mol. The van der Waals surface area contributed by atoms with Crippen LogP contribution in [0.15, 0.2) is 18.2 Å². The molecule has 0 unspecified atom stereocenters. The Balaban J connectivity index is 2.01. The lowest BCUT2D eigenvalue weighted by Crippen LogP contribution is -2.34. The van der Waals surface area contributed by atoms with Gasteiger partial charge in [0.25, 0.3) is 0 Å². The van der Waals surface area contributed by atoms with E-state index in [2.05, 4.69) is 11.0 Å². The summed E-state index contributed by atoms with van der Waals surface area (Å²) in [4.78, 5) is 2.40. The van der Waals surface area contributed by atoms with Crippen molar-refractivity contribution in [3.05, 3.63) is 35.1 Å². The van der Waals surface area contributed by atoms with Crippen LogP contribution in [-0.4, -0.2) is 31.1 Å². The lowest BCUT2D eigenvalue weighted by molar-refractivity contribution is 0.211. The molecule has 0 aromatic heterocycles. The first-order chi connectivity index (χ1) is 9.24. The molecule has 2 N–H and O–H groups in total. The van der Waals surface area contributed by atoms with Crippen molar-refractivity contribution in [2.75, 3.05) is 26.2 Å². The zero-order valence-corrected chi connectivity index (χ0v) is 11.1. The number of nitrogens with zero attached hydrogens (tertiary/aromatic N) is 2. The van der Waals surface area contributed by atoms with E-state index in [1.807, 2.05) is 0 Å². The normalized spacial score (nSPS) is 17.3. The van der Waals surface area contributed by atoms with E-state index in [0.29, 0.717) is 11.5 Å². The molecule has 1 fully saturated rings. The Hall–Kier alpha value is -1.44. The molecule has 0 amide bonds. The molecule has 0 radical (unpaired) electrons. The first-order valence-corrected chi connectivity index (χ1v) is 6.86. The fourth-order valence-corrected chi connectivity index (χ4v) is 2.76. The van der Waals surface area contributed by atoms with E-state index in [4.69, 9.17) is 11.0 Å². The van der Waals surface area contributed by atoms with E-state index >= 15 is 0 Å². The van der Waals surface area contributed by atoms with E-state index < -0.39 is 0 Å². The molecule has 0 bridgehead atoms. The van der Waals surface area contributed by atoms with Crippen LogP contribution in [0.5, 0.6) is 0 Å². The van der Waals surface area contributed by atoms with Crippen LogP contribution in [0.4, 0.5) is 4.39 Å². The number of nitrogens with two attached hydrogens (primary N) is 1. The fraction of sp³-hybridized carbons (Fsp3) is 0.533. The summed E-state index contributed by atoms with van der Waals surface area (Å²) >= 11 is 0. The lowest BCUT2D eigenvalue weighted by atomic mass is 9.86. The summed E-state index contributed by atoms with van der Waals surface area (Å²) in [5.74, 6) is 0.0547. The van der Waals surface area contributed by atoms with E-state index in [9.17, 15) is 4.39 Å². The number of hydrogen-bond donors (Lipinski definition) is 1. The van der Waals surface area contributed by atoms with Crippen LogP contribution in [0.1, 0.15) is 36.3 Å². The van der Waals surface area contributed by atoms with Crippen molar-refractivity contribution in [1.29, 1.82) is 5.26 Å². The van der Waals surface area contributed by atoms with Gasteiger partial charge < -0.3 is 10.6 Å². The quantitative estimate of drug-likeness (QED) is 0.904. The van der Waals surface area contributed by atoms with Crippen LogP contribution in [0.3, 0.4) is 0 Å². The Morgan fingerprint density at radius 1 is 1.37 bits per heavy atom. The van der Waals surface area contributed by atoms with Crippen molar-refractivity contribution in [3.8, 4) is 6.07 Å². The Kier molecular flexibility index (Phi) is 4.89. The maximum absolute atomic E-state index is 13.3. The van der Waals surface area contributed by atoms with Crippen LogP contribution in [0, 0.1) is 17.1 Å². The zero-order chi connectivity index (χ0) is 13.7. The van der Waals surface area contributed by atoms with Crippen LogP contribution < -0.4 is 5.73 Å². The summed E-state index contributed by atoms with van der Waals surface area (Å²) in [5.41, 5.74) is 7.00. The Morgan fingerprint density at radius 2 is 2.11 bits per heavy atom. The maximum atomic E-state index is 13.3. The second-order valence-corrected chi connectivity index (χ2v) is 5.10. The summed E-state index contributed by atoms with van der Waals surface area (Å²) in [6, 6.07) is 6.64. The molecule has 0 saturated carbocycles. The molecule has 1 aromatic rings. The molecule has 2 rings (SSSR count). The minimum absolute atomic E-state index is 0.250. The molecule has 4 heteroatoms. The molecule has 1 aromatic carbocycles. The number of rotatable bonds is 4. The van der Waals surface area contributed by atoms with Gasteiger partial charge in [0.1, 0.15) is 5.82 Å². The van der Waals surface area contributed by atoms with Crippen molar-refractivity contribution in [2.24, 2.45) is 5.73 Å². The molecule has 1 saturated heterocycles. The number of nitriles is 1. The van der Waals surface area contributed by atoms with Gasteiger partial charge in [-0.3, -0.25) is 0 Å². The highest BCUT2D eigenvalue weighted by Gasteiger charge is 2.22. The molecule has 0 atom stereocenters. The SMILES string of the molecule is N#Cc1ccc(F)cc1C1CCN(CCCN)CC1.